The van der Waals surface area contributed by atoms with Gasteiger partial charge in [-0.15, -0.1) is 0 Å². The molecule has 1 aliphatic heterocycles. The fourth-order valence-electron chi connectivity index (χ4n) is 1.45. The predicted octanol–water partition coefficient (Wildman–Crippen LogP) is 0.827. The van der Waals surface area contributed by atoms with Crippen LogP contribution in [-0.2, 0) is 9.47 Å². The van der Waals surface area contributed by atoms with Gasteiger partial charge in [-0.05, 0) is 6.07 Å². The fourth-order valence-corrected chi connectivity index (χ4v) is 1.45. The number of hydrogen-bond donors (Lipinski definition) is 2. The summed E-state index contributed by atoms with van der Waals surface area (Å²) in [4.78, 5) is 0. The molecular weight excluding hydrogens is 196 g/mol. The highest BCUT2D eigenvalue weighted by Gasteiger charge is 2.18. The van der Waals surface area contributed by atoms with Crippen LogP contribution in [0.15, 0.2) is 29.4 Å². The monoisotopic (exact) mass is 208 g/mol. The maximum absolute atomic E-state index is 8.54. The lowest BCUT2D eigenvalue weighted by molar-refractivity contribution is -0.0441. The number of oxime groups is 1. The number of hydrogen-bond acceptors (Lipinski definition) is 4. The maximum atomic E-state index is 8.54. The first kappa shape index (κ1) is 9.95. The number of benzene rings is 1. The Morgan fingerprint density at radius 1 is 1.40 bits per heavy atom. The molecule has 0 saturated carbocycles. The summed E-state index contributed by atoms with van der Waals surface area (Å²) in [6, 6.07) is 7.23. The Labute approximate surface area is 87.1 Å². The zero-order valence-electron chi connectivity index (χ0n) is 8.09. The molecule has 1 fully saturated rings. The van der Waals surface area contributed by atoms with Gasteiger partial charge in [0.25, 0.3) is 0 Å². The summed E-state index contributed by atoms with van der Waals surface area (Å²) in [7, 11) is 0. The van der Waals surface area contributed by atoms with Crippen LogP contribution < -0.4 is 5.73 Å². The average Bonchev–Trinajstić information content (AvgIpc) is 2.82. The van der Waals surface area contributed by atoms with Gasteiger partial charge in [-0.25, -0.2) is 0 Å². The molecular formula is C10H12N2O3. The van der Waals surface area contributed by atoms with Crippen LogP contribution in [-0.4, -0.2) is 24.3 Å². The second-order valence-corrected chi connectivity index (χ2v) is 3.18. The molecule has 5 nitrogen and oxygen atoms in total. The van der Waals surface area contributed by atoms with Crippen LogP contribution in [0.5, 0.6) is 0 Å². The van der Waals surface area contributed by atoms with Gasteiger partial charge in [-0.1, -0.05) is 23.4 Å². The second-order valence-electron chi connectivity index (χ2n) is 3.18. The van der Waals surface area contributed by atoms with E-state index in [9.17, 15) is 0 Å². The number of nitrogens with two attached hydrogens (primary N) is 1. The minimum Gasteiger partial charge on any atom is -0.409 e. The molecule has 1 aromatic rings. The van der Waals surface area contributed by atoms with Gasteiger partial charge in [0, 0.05) is 11.1 Å². The minimum absolute atomic E-state index is 0.0786. The number of amidine groups is 1. The molecule has 1 aromatic carbocycles. The van der Waals surface area contributed by atoms with E-state index in [-0.39, 0.29) is 12.1 Å². The van der Waals surface area contributed by atoms with Crippen molar-refractivity contribution in [3.05, 3.63) is 35.4 Å². The molecule has 0 radical (unpaired) electrons. The molecule has 0 atom stereocenters. The first-order valence-electron chi connectivity index (χ1n) is 4.62. The smallest absolute Gasteiger partial charge is 0.184 e. The predicted molar refractivity (Wildman–Crippen MR) is 53.6 cm³/mol. The first-order chi connectivity index (χ1) is 7.31. The zero-order chi connectivity index (χ0) is 10.7. The summed E-state index contributed by atoms with van der Waals surface area (Å²) < 4.78 is 10.7. The third-order valence-corrected chi connectivity index (χ3v) is 2.18. The van der Waals surface area contributed by atoms with Crippen LogP contribution in [0.2, 0.25) is 0 Å². The molecule has 5 heteroatoms. The van der Waals surface area contributed by atoms with E-state index in [2.05, 4.69) is 5.16 Å². The van der Waals surface area contributed by atoms with Gasteiger partial charge in [0.05, 0.1) is 13.2 Å². The molecule has 2 rings (SSSR count). The standard InChI is InChI=1S/C10H12N2O3/c11-9(12-13)7-2-1-3-8(6-7)10-14-4-5-15-10/h1-3,6,10,13H,4-5H2,(H2,11,12). The van der Waals surface area contributed by atoms with Crippen molar-refractivity contribution in [3.8, 4) is 0 Å². The molecule has 0 unspecified atom stereocenters. The summed E-state index contributed by atoms with van der Waals surface area (Å²) in [6.07, 6.45) is -0.337. The molecule has 15 heavy (non-hydrogen) atoms. The van der Waals surface area contributed by atoms with E-state index in [4.69, 9.17) is 20.4 Å². The SMILES string of the molecule is N/C(=N\O)c1cccc(C2OCCO2)c1. The lowest BCUT2D eigenvalue weighted by atomic mass is 10.1. The first-order valence-corrected chi connectivity index (χ1v) is 4.62. The summed E-state index contributed by atoms with van der Waals surface area (Å²) in [5, 5.41) is 11.5. The van der Waals surface area contributed by atoms with Gasteiger partial charge < -0.3 is 20.4 Å². The fraction of sp³-hybridized carbons (Fsp3) is 0.300. The van der Waals surface area contributed by atoms with Gasteiger partial charge in [0.2, 0.25) is 0 Å². The Balaban J connectivity index is 2.25. The molecule has 0 bridgehead atoms. The molecule has 1 saturated heterocycles. The van der Waals surface area contributed by atoms with Crippen molar-refractivity contribution in [1.29, 1.82) is 0 Å². The molecule has 80 valence electrons. The van der Waals surface area contributed by atoms with Crippen LogP contribution in [0.1, 0.15) is 17.4 Å². The summed E-state index contributed by atoms with van der Waals surface area (Å²) in [5.74, 6) is 0.0786. The van der Waals surface area contributed by atoms with Gasteiger partial charge in [-0.3, -0.25) is 0 Å². The van der Waals surface area contributed by atoms with E-state index in [0.717, 1.165) is 5.56 Å². The Bertz CT molecular complexity index is 373. The van der Waals surface area contributed by atoms with Gasteiger partial charge >= 0.3 is 0 Å². The molecule has 3 N–H and O–H groups in total. The second kappa shape index (κ2) is 4.29. The topological polar surface area (TPSA) is 77.1 Å². The molecule has 0 spiro atoms. The maximum Gasteiger partial charge on any atom is 0.184 e. The van der Waals surface area contributed by atoms with Crippen molar-refractivity contribution < 1.29 is 14.7 Å². The van der Waals surface area contributed by atoms with E-state index in [1.54, 1.807) is 12.1 Å². The van der Waals surface area contributed by atoms with Crippen LogP contribution in [0.3, 0.4) is 0 Å². The average molecular weight is 208 g/mol. The number of ether oxygens (including phenoxy) is 2. The van der Waals surface area contributed by atoms with Crippen molar-refractivity contribution in [2.75, 3.05) is 13.2 Å². The van der Waals surface area contributed by atoms with Gasteiger partial charge in [-0.2, -0.15) is 0 Å². The lowest BCUT2D eigenvalue weighted by Crippen LogP contribution is -2.13. The third-order valence-electron chi connectivity index (χ3n) is 2.18. The van der Waals surface area contributed by atoms with Crippen LogP contribution in [0.25, 0.3) is 0 Å². The van der Waals surface area contributed by atoms with E-state index < -0.39 is 0 Å². The molecule has 1 aliphatic rings. The number of nitrogens with zero attached hydrogens (tertiary/aromatic N) is 1. The molecule has 1 heterocycles. The van der Waals surface area contributed by atoms with E-state index in [0.29, 0.717) is 18.8 Å². The molecule has 0 aliphatic carbocycles. The van der Waals surface area contributed by atoms with Crippen LogP contribution in [0.4, 0.5) is 0 Å². The summed E-state index contributed by atoms with van der Waals surface area (Å²) >= 11 is 0. The Hall–Kier alpha value is -1.59. The van der Waals surface area contributed by atoms with Crippen molar-refractivity contribution in [3.63, 3.8) is 0 Å². The largest absolute Gasteiger partial charge is 0.409 e. The van der Waals surface area contributed by atoms with Crippen molar-refractivity contribution in [2.24, 2.45) is 10.9 Å². The normalized spacial score (nSPS) is 18.3. The Morgan fingerprint density at radius 2 is 2.13 bits per heavy atom. The Kier molecular flexibility index (Phi) is 2.84. The van der Waals surface area contributed by atoms with E-state index in [1.807, 2.05) is 12.1 Å². The van der Waals surface area contributed by atoms with Crippen molar-refractivity contribution >= 4 is 5.84 Å². The van der Waals surface area contributed by atoms with Gasteiger partial charge in [0.15, 0.2) is 12.1 Å². The highest BCUT2D eigenvalue weighted by atomic mass is 16.7. The van der Waals surface area contributed by atoms with Crippen LogP contribution in [0, 0.1) is 0 Å². The molecule has 0 amide bonds. The summed E-state index contributed by atoms with van der Waals surface area (Å²) in [5.41, 5.74) is 7.00. The van der Waals surface area contributed by atoms with Crippen molar-refractivity contribution in [1.82, 2.24) is 0 Å². The Morgan fingerprint density at radius 3 is 2.80 bits per heavy atom. The zero-order valence-corrected chi connectivity index (χ0v) is 8.09. The van der Waals surface area contributed by atoms with Gasteiger partial charge in [0.1, 0.15) is 0 Å². The van der Waals surface area contributed by atoms with Crippen LogP contribution >= 0.6 is 0 Å². The quantitative estimate of drug-likeness (QED) is 0.326. The minimum atomic E-state index is -0.337. The van der Waals surface area contributed by atoms with Crippen molar-refractivity contribution in [2.45, 2.75) is 6.29 Å². The third kappa shape index (κ3) is 2.08. The van der Waals surface area contributed by atoms with E-state index in [1.165, 1.54) is 0 Å². The molecule has 0 aromatic heterocycles. The van der Waals surface area contributed by atoms with E-state index >= 15 is 0 Å². The highest BCUT2D eigenvalue weighted by molar-refractivity contribution is 5.97. The highest BCUT2D eigenvalue weighted by Crippen LogP contribution is 2.23. The summed E-state index contributed by atoms with van der Waals surface area (Å²) in [6.45, 7) is 1.19. The lowest BCUT2D eigenvalue weighted by Gasteiger charge is -2.10. The number of rotatable bonds is 2.